The van der Waals surface area contributed by atoms with Crippen molar-refractivity contribution in [2.75, 3.05) is 13.7 Å². The van der Waals surface area contributed by atoms with Crippen LogP contribution >= 0.6 is 11.6 Å². The van der Waals surface area contributed by atoms with E-state index in [1.807, 2.05) is 25.1 Å². The van der Waals surface area contributed by atoms with Crippen molar-refractivity contribution < 1.29 is 4.74 Å². The van der Waals surface area contributed by atoms with Crippen LogP contribution in [0.1, 0.15) is 30.5 Å². The number of methoxy groups -OCH3 is 1. The molecule has 0 fully saturated rings. The summed E-state index contributed by atoms with van der Waals surface area (Å²) in [5.74, 6) is 6.01. The second kappa shape index (κ2) is 6.97. The van der Waals surface area contributed by atoms with Gasteiger partial charge in [0.25, 0.3) is 0 Å². The molecule has 1 aromatic carbocycles. The molecule has 3 nitrogen and oxygen atoms in total. The van der Waals surface area contributed by atoms with Gasteiger partial charge in [0.1, 0.15) is 0 Å². The molecule has 2 atom stereocenters. The van der Waals surface area contributed by atoms with Crippen LogP contribution in [-0.2, 0) is 4.74 Å². The van der Waals surface area contributed by atoms with Crippen molar-refractivity contribution in [2.24, 2.45) is 11.8 Å². The van der Waals surface area contributed by atoms with Crippen molar-refractivity contribution in [1.82, 2.24) is 5.43 Å². The zero-order chi connectivity index (χ0) is 12.8. The molecule has 96 valence electrons. The molecule has 0 radical (unpaired) electrons. The first kappa shape index (κ1) is 14.5. The Bertz CT molecular complexity index is 357. The number of nitrogens with two attached hydrogens (primary N) is 1. The average molecular weight is 257 g/mol. The smallest absolute Gasteiger partial charge is 0.0501 e. The van der Waals surface area contributed by atoms with Crippen LogP contribution in [0.3, 0.4) is 0 Å². The molecule has 4 heteroatoms. The van der Waals surface area contributed by atoms with Crippen LogP contribution in [0.4, 0.5) is 0 Å². The molecular formula is C13H21ClN2O. The van der Waals surface area contributed by atoms with Crippen LogP contribution < -0.4 is 11.3 Å². The number of hydrazine groups is 1. The molecule has 0 aliphatic carbocycles. The quantitative estimate of drug-likeness (QED) is 0.608. The summed E-state index contributed by atoms with van der Waals surface area (Å²) >= 11 is 6.32. The Kier molecular flexibility index (Phi) is 5.92. The first-order valence-electron chi connectivity index (χ1n) is 5.81. The lowest BCUT2D eigenvalue weighted by atomic mass is 9.92. The van der Waals surface area contributed by atoms with Gasteiger partial charge in [0, 0.05) is 18.7 Å². The molecule has 0 aromatic heterocycles. The highest BCUT2D eigenvalue weighted by atomic mass is 35.5. The van der Waals surface area contributed by atoms with E-state index in [2.05, 4.69) is 12.3 Å². The lowest BCUT2D eigenvalue weighted by molar-refractivity contribution is 0.170. The van der Waals surface area contributed by atoms with E-state index in [4.69, 9.17) is 22.2 Å². The molecule has 17 heavy (non-hydrogen) atoms. The third kappa shape index (κ3) is 3.68. The number of aryl methyl sites for hydroxylation is 1. The lowest BCUT2D eigenvalue weighted by Crippen LogP contribution is -2.33. The fourth-order valence-electron chi connectivity index (χ4n) is 1.94. The maximum atomic E-state index is 6.32. The van der Waals surface area contributed by atoms with Gasteiger partial charge in [-0.15, -0.1) is 0 Å². The third-order valence-corrected chi connectivity index (χ3v) is 3.60. The standard InChI is InChI=1S/C13H21ClN2O/c1-9-5-4-6-11(12(9)14)13(16-15)10(2)7-8-17-3/h4-6,10,13,16H,7-8,15H2,1-3H3. The van der Waals surface area contributed by atoms with E-state index in [9.17, 15) is 0 Å². The first-order chi connectivity index (χ1) is 8.11. The molecule has 1 rings (SSSR count). The van der Waals surface area contributed by atoms with Crippen LogP contribution in [0.5, 0.6) is 0 Å². The van der Waals surface area contributed by atoms with Gasteiger partial charge in [-0.05, 0) is 30.4 Å². The Morgan fingerprint density at radius 3 is 2.76 bits per heavy atom. The minimum atomic E-state index is 0.0533. The molecule has 3 N–H and O–H groups in total. The summed E-state index contributed by atoms with van der Waals surface area (Å²) in [7, 11) is 1.71. The molecule has 0 bridgehead atoms. The van der Waals surface area contributed by atoms with E-state index in [-0.39, 0.29) is 6.04 Å². The molecule has 0 saturated heterocycles. The van der Waals surface area contributed by atoms with Gasteiger partial charge < -0.3 is 4.74 Å². The number of rotatable bonds is 6. The molecular weight excluding hydrogens is 236 g/mol. The second-order valence-electron chi connectivity index (χ2n) is 4.38. The van der Waals surface area contributed by atoms with Gasteiger partial charge in [0.2, 0.25) is 0 Å². The molecule has 0 amide bonds. The summed E-state index contributed by atoms with van der Waals surface area (Å²) in [5, 5.41) is 0.791. The number of hydrogen-bond donors (Lipinski definition) is 2. The van der Waals surface area contributed by atoms with Gasteiger partial charge in [-0.2, -0.15) is 0 Å². The van der Waals surface area contributed by atoms with Crippen LogP contribution in [0.25, 0.3) is 0 Å². The van der Waals surface area contributed by atoms with E-state index in [0.717, 1.165) is 29.2 Å². The predicted octanol–water partition coefficient (Wildman–Crippen LogP) is 2.83. The van der Waals surface area contributed by atoms with E-state index in [1.54, 1.807) is 7.11 Å². The Labute approximate surface area is 108 Å². The highest BCUT2D eigenvalue weighted by molar-refractivity contribution is 6.32. The zero-order valence-electron chi connectivity index (χ0n) is 10.7. The summed E-state index contributed by atoms with van der Waals surface area (Å²) in [6, 6.07) is 6.07. The average Bonchev–Trinajstić information content (AvgIpc) is 2.32. The second-order valence-corrected chi connectivity index (χ2v) is 4.76. The van der Waals surface area contributed by atoms with Crippen molar-refractivity contribution in [3.63, 3.8) is 0 Å². The van der Waals surface area contributed by atoms with Crippen LogP contribution in [0.2, 0.25) is 5.02 Å². The maximum absolute atomic E-state index is 6.32. The molecule has 2 unspecified atom stereocenters. The summed E-state index contributed by atoms with van der Waals surface area (Å²) in [6.45, 7) is 4.87. The van der Waals surface area contributed by atoms with Gasteiger partial charge in [-0.3, -0.25) is 11.3 Å². The number of benzene rings is 1. The number of halogens is 1. The van der Waals surface area contributed by atoms with Gasteiger partial charge in [0.05, 0.1) is 6.04 Å². The Morgan fingerprint density at radius 2 is 2.18 bits per heavy atom. The minimum absolute atomic E-state index is 0.0533. The third-order valence-electron chi connectivity index (χ3n) is 3.08. The maximum Gasteiger partial charge on any atom is 0.0501 e. The van der Waals surface area contributed by atoms with Crippen molar-refractivity contribution in [2.45, 2.75) is 26.3 Å². The van der Waals surface area contributed by atoms with Gasteiger partial charge >= 0.3 is 0 Å². The highest BCUT2D eigenvalue weighted by Gasteiger charge is 2.20. The molecule has 0 aliphatic rings. The van der Waals surface area contributed by atoms with Crippen LogP contribution in [0.15, 0.2) is 18.2 Å². The summed E-state index contributed by atoms with van der Waals surface area (Å²) in [6.07, 6.45) is 0.940. The largest absolute Gasteiger partial charge is 0.385 e. The Hall–Kier alpha value is -0.610. The van der Waals surface area contributed by atoms with E-state index < -0.39 is 0 Å². The van der Waals surface area contributed by atoms with Gasteiger partial charge in [0.15, 0.2) is 0 Å². The molecule has 0 spiro atoms. The lowest BCUT2D eigenvalue weighted by Gasteiger charge is -2.25. The number of ether oxygens (including phenoxy) is 1. The summed E-state index contributed by atoms with van der Waals surface area (Å²) < 4.78 is 5.10. The van der Waals surface area contributed by atoms with Crippen molar-refractivity contribution >= 4 is 11.6 Å². The number of hydrogen-bond acceptors (Lipinski definition) is 3. The van der Waals surface area contributed by atoms with Gasteiger partial charge in [-0.1, -0.05) is 36.7 Å². The van der Waals surface area contributed by atoms with E-state index in [1.165, 1.54) is 0 Å². The number of nitrogens with one attached hydrogen (secondary N) is 1. The highest BCUT2D eigenvalue weighted by Crippen LogP contribution is 2.31. The first-order valence-corrected chi connectivity index (χ1v) is 6.19. The van der Waals surface area contributed by atoms with Gasteiger partial charge in [-0.25, -0.2) is 0 Å². The Morgan fingerprint density at radius 1 is 1.47 bits per heavy atom. The zero-order valence-corrected chi connectivity index (χ0v) is 11.4. The fourth-order valence-corrected chi connectivity index (χ4v) is 2.18. The molecule has 0 saturated carbocycles. The fraction of sp³-hybridized carbons (Fsp3) is 0.538. The summed E-state index contributed by atoms with van der Waals surface area (Å²) in [4.78, 5) is 0. The van der Waals surface area contributed by atoms with Crippen molar-refractivity contribution in [3.8, 4) is 0 Å². The molecule has 0 aliphatic heterocycles. The SMILES string of the molecule is COCCC(C)C(NN)c1cccc(C)c1Cl. The minimum Gasteiger partial charge on any atom is -0.385 e. The topological polar surface area (TPSA) is 47.3 Å². The van der Waals surface area contributed by atoms with Crippen molar-refractivity contribution in [3.05, 3.63) is 34.3 Å². The predicted molar refractivity (Wildman–Crippen MR) is 71.9 cm³/mol. The van der Waals surface area contributed by atoms with Crippen LogP contribution in [0, 0.1) is 12.8 Å². The molecule has 1 aromatic rings. The van der Waals surface area contributed by atoms with Crippen LogP contribution in [-0.4, -0.2) is 13.7 Å². The summed E-state index contributed by atoms with van der Waals surface area (Å²) in [5.41, 5.74) is 4.98. The Balaban J connectivity index is 2.89. The normalized spacial score (nSPS) is 14.6. The van der Waals surface area contributed by atoms with Crippen molar-refractivity contribution in [1.29, 1.82) is 0 Å². The monoisotopic (exact) mass is 256 g/mol. The van der Waals surface area contributed by atoms with E-state index in [0.29, 0.717) is 5.92 Å². The molecule has 0 heterocycles. The van der Waals surface area contributed by atoms with E-state index >= 15 is 0 Å².